The monoisotopic (exact) mass is 234 g/mol. The van der Waals surface area contributed by atoms with Gasteiger partial charge in [-0.1, -0.05) is 30.3 Å². The van der Waals surface area contributed by atoms with Gasteiger partial charge in [0.05, 0.1) is 5.92 Å². The second-order valence-electron chi connectivity index (χ2n) is 4.61. The molecular weight excluding hydrogens is 216 g/mol. The van der Waals surface area contributed by atoms with Crippen molar-refractivity contribution in [2.24, 2.45) is 5.73 Å². The van der Waals surface area contributed by atoms with E-state index >= 15 is 0 Å². The van der Waals surface area contributed by atoms with Crippen LogP contribution in [0.3, 0.4) is 0 Å². The SMILES string of the molecule is N[C@H]1CCN(CC(C(=O)O)c2ccccc2)C1. The van der Waals surface area contributed by atoms with E-state index in [1.54, 1.807) is 0 Å². The summed E-state index contributed by atoms with van der Waals surface area (Å²) in [7, 11) is 0. The first kappa shape index (κ1) is 12.1. The summed E-state index contributed by atoms with van der Waals surface area (Å²) < 4.78 is 0. The van der Waals surface area contributed by atoms with E-state index in [1.807, 2.05) is 30.3 Å². The van der Waals surface area contributed by atoms with Gasteiger partial charge >= 0.3 is 5.97 Å². The molecule has 1 aromatic rings. The maximum Gasteiger partial charge on any atom is 0.312 e. The first-order chi connectivity index (χ1) is 8.16. The molecule has 0 amide bonds. The minimum atomic E-state index is -0.767. The van der Waals surface area contributed by atoms with Crippen molar-refractivity contribution in [2.45, 2.75) is 18.4 Å². The summed E-state index contributed by atoms with van der Waals surface area (Å²) in [6.07, 6.45) is 0.959. The fourth-order valence-electron chi connectivity index (χ4n) is 2.30. The van der Waals surface area contributed by atoms with E-state index in [2.05, 4.69) is 4.90 Å². The van der Waals surface area contributed by atoms with Gasteiger partial charge in [-0.3, -0.25) is 4.79 Å². The number of carboxylic acid groups (broad SMARTS) is 1. The Morgan fingerprint density at radius 2 is 2.18 bits per heavy atom. The van der Waals surface area contributed by atoms with E-state index in [-0.39, 0.29) is 6.04 Å². The van der Waals surface area contributed by atoms with Crippen LogP contribution in [0.5, 0.6) is 0 Å². The molecule has 0 bridgehead atoms. The topological polar surface area (TPSA) is 66.6 Å². The van der Waals surface area contributed by atoms with E-state index in [0.717, 1.165) is 25.1 Å². The Bertz CT molecular complexity index is 380. The normalized spacial score (nSPS) is 22.5. The highest BCUT2D eigenvalue weighted by Gasteiger charge is 2.26. The maximum atomic E-state index is 11.3. The van der Waals surface area contributed by atoms with E-state index in [1.165, 1.54) is 0 Å². The van der Waals surface area contributed by atoms with Crippen LogP contribution in [0.4, 0.5) is 0 Å². The number of nitrogens with two attached hydrogens (primary N) is 1. The summed E-state index contributed by atoms with van der Waals surface area (Å²) in [5.41, 5.74) is 6.69. The van der Waals surface area contributed by atoms with Crippen LogP contribution in [-0.2, 0) is 4.79 Å². The van der Waals surface area contributed by atoms with Crippen LogP contribution >= 0.6 is 0 Å². The third-order valence-electron chi connectivity index (χ3n) is 3.25. The van der Waals surface area contributed by atoms with Crippen molar-refractivity contribution in [3.63, 3.8) is 0 Å². The predicted molar refractivity (Wildman–Crippen MR) is 65.9 cm³/mol. The van der Waals surface area contributed by atoms with Gasteiger partial charge < -0.3 is 15.7 Å². The lowest BCUT2D eigenvalue weighted by Crippen LogP contribution is -2.32. The lowest BCUT2D eigenvalue weighted by molar-refractivity contribution is -0.139. The van der Waals surface area contributed by atoms with Gasteiger partial charge in [0.2, 0.25) is 0 Å². The number of benzene rings is 1. The molecule has 1 heterocycles. The van der Waals surface area contributed by atoms with Gasteiger partial charge in [-0.05, 0) is 18.5 Å². The molecule has 1 saturated heterocycles. The van der Waals surface area contributed by atoms with E-state index in [0.29, 0.717) is 6.54 Å². The molecule has 0 radical (unpaired) electrons. The molecule has 1 unspecified atom stereocenters. The Balaban J connectivity index is 2.06. The summed E-state index contributed by atoms with van der Waals surface area (Å²) >= 11 is 0. The van der Waals surface area contributed by atoms with Gasteiger partial charge in [-0.25, -0.2) is 0 Å². The Morgan fingerprint density at radius 3 is 2.71 bits per heavy atom. The second-order valence-corrected chi connectivity index (χ2v) is 4.61. The Hall–Kier alpha value is -1.39. The molecular formula is C13H18N2O2. The van der Waals surface area contributed by atoms with Crippen molar-refractivity contribution in [3.05, 3.63) is 35.9 Å². The van der Waals surface area contributed by atoms with E-state index in [9.17, 15) is 9.90 Å². The van der Waals surface area contributed by atoms with E-state index < -0.39 is 11.9 Å². The number of likely N-dealkylation sites (tertiary alicyclic amines) is 1. The molecule has 2 rings (SSSR count). The van der Waals surface area contributed by atoms with Gasteiger partial charge in [-0.15, -0.1) is 0 Å². The Morgan fingerprint density at radius 1 is 1.47 bits per heavy atom. The van der Waals surface area contributed by atoms with Crippen molar-refractivity contribution < 1.29 is 9.90 Å². The maximum absolute atomic E-state index is 11.3. The van der Waals surface area contributed by atoms with Gasteiger partial charge in [0.1, 0.15) is 0 Å². The van der Waals surface area contributed by atoms with Gasteiger partial charge in [0.15, 0.2) is 0 Å². The molecule has 0 saturated carbocycles. The molecule has 2 atom stereocenters. The highest BCUT2D eigenvalue weighted by molar-refractivity contribution is 5.76. The Kier molecular flexibility index (Phi) is 3.76. The molecule has 1 fully saturated rings. The van der Waals surface area contributed by atoms with Crippen LogP contribution in [0.25, 0.3) is 0 Å². The lowest BCUT2D eigenvalue weighted by atomic mass is 9.99. The number of rotatable bonds is 4. The number of carbonyl (C=O) groups is 1. The van der Waals surface area contributed by atoms with Crippen LogP contribution in [0.15, 0.2) is 30.3 Å². The molecule has 0 aromatic heterocycles. The lowest BCUT2D eigenvalue weighted by Gasteiger charge is -2.20. The number of hydrogen-bond donors (Lipinski definition) is 2. The van der Waals surface area contributed by atoms with Crippen molar-refractivity contribution in [1.82, 2.24) is 4.90 Å². The molecule has 1 aromatic carbocycles. The highest BCUT2D eigenvalue weighted by atomic mass is 16.4. The predicted octanol–water partition coefficient (Wildman–Crippen LogP) is 0.888. The summed E-state index contributed by atoms with van der Waals surface area (Å²) in [5, 5.41) is 9.30. The molecule has 17 heavy (non-hydrogen) atoms. The molecule has 1 aliphatic rings. The second kappa shape index (κ2) is 5.29. The highest BCUT2D eigenvalue weighted by Crippen LogP contribution is 2.19. The van der Waals surface area contributed by atoms with Crippen molar-refractivity contribution in [1.29, 1.82) is 0 Å². The summed E-state index contributed by atoms with van der Waals surface area (Å²) in [6.45, 7) is 2.25. The fourth-order valence-corrected chi connectivity index (χ4v) is 2.30. The van der Waals surface area contributed by atoms with Crippen LogP contribution in [0, 0.1) is 0 Å². The van der Waals surface area contributed by atoms with Gasteiger partial charge in [-0.2, -0.15) is 0 Å². The first-order valence-electron chi connectivity index (χ1n) is 5.92. The molecule has 1 aliphatic heterocycles. The average molecular weight is 234 g/mol. The third kappa shape index (κ3) is 3.05. The third-order valence-corrected chi connectivity index (χ3v) is 3.25. The molecule has 92 valence electrons. The molecule has 0 aliphatic carbocycles. The van der Waals surface area contributed by atoms with Crippen LogP contribution in [0.1, 0.15) is 17.9 Å². The summed E-state index contributed by atoms with van der Waals surface area (Å²) in [6, 6.07) is 9.58. The minimum Gasteiger partial charge on any atom is -0.481 e. The standard InChI is InChI=1S/C13H18N2O2/c14-11-6-7-15(8-11)9-12(13(16)17)10-4-2-1-3-5-10/h1-5,11-12H,6-9,14H2,(H,16,17)/t11-,12?/m0/s1. The first-order valence-corrected chi connectivity index (χ1v) is 5.92. The molecule has 3 N–H and O–H groups in total. The zero-order valence-electron chi connectivity index (χ0n) is 9.75. The quantitative estimate of drug-likeness (QED) is 0.812. The largest absolute Gasteiger partial charge is 0.481 e. The van der Waals surface area contributed by atoms with E-state index in [4.69, 9.17) is 5.73 Å². The van der Waals surface area contributed by atoms with Crippen LogP contribution < -0.4 is 5.73 Å². The van der Waals surface area contributed by atoms with Crippen LogP contribution in [0.2, 0.25) is 0 Å². The minimum absolute atomic E-state index is 0.195. The number of carboxylic acids is 1. The van der Waals surface area contributed by atoms with Crippen molar-refractivity contribution in [2.75, 3.05) is 19.6 Å². The van der Waals surface area contributed by atoms with Gasteiger partial charge in [0, 0.05) is 19.1 Å². The summed E-state index contributed by atoms with van der Waals surface area (Å²) in [4.78, 5) is 13.4. The van der Waals surface area contributed by atoms with Crippen molar-refractivity contribution in [3.8, 4) is 0 Å². The van der Waals surface area contributed by atoms with Crippen LogP contribution in [-0.4, -0.2) is 41.7 Å². The summed E-state index contributed by atoms with van der Waals surface area (Å²) in [5.74, 6) is -1.22. The average Bonchev–Trinajstić information content (AvgIpc) is 2.73. The zero-order valence-corrected chi connectivity index (χ0v) is 9.75. The number of aliphatic carboxylic acids is 1. The number of nitrogens with zero attached hydrogens (tertiary/aromatic N) is 1. The Labute approximate surface area is 101 Å². The molecule has 4 heteroatoms. The van der Waals surface area contributed by atoms with Gasteiger partial charge in [0.25, 0.3) is 0 Å². The van der Waals surface area contributed by atoms with Crippen molar-refractivity contribution >= 4 is 5.97 Å². The zero-order chi connectivity index (χ0) is 12.3. The fraction of sp³-hybridized carbons (Fsp3) is 0.462. The molecule has 0 spiro atoms. The smallest absolute Gasteiger partial charge is 0.312 e. The number of hydrogen-bond acceptors (Lipinski definition) is 3. The molecule has 4 nitrogen and oxygen atoms in total.